The average molecular weight is 272 g/mol. The first kappa shape index (κ1) is 11.9. The van der Waals surface area contributed by atoms with Gasteiger partial charge in [0.05, 0.1) is 22.5 Å². The van der Waals surface area contributed by atoms with E-state index in [1.165, 1.54) is 16.8 Å². The van der Waals surface area contributed by atoms with Gasteiger partial charge in [-0.05, 0) is 19.1 Å². The third-order valence-electron chi connectivity index (χ3n) is 2.10. The number of rotatable bonds is 2. The number of aromatic nitrogens is 3. The summed E-state index contributed by atoms with van der Waals surface area (Å²) in [5, 5.41) is 13.6. The molecule has 5 nitrogen and oxygen atoms in total. The highest BCUT2D eigenvalue weighted by atomic mass is 35.5. The van der Waals surface area contributed by atoms with Crippen molar-refractivity contribution in [2.75, 3.05) is 0 Å². The number of nitrogens with zero attached hydrogens (tertiary/aromatic N) is 3. The van der Waals surface area contributed by atoms with Crippen molar-refractivity contribution < 1.29 is 9.90 Å². The molecule has 0 bridgehead atoms. The van der Waals surface area contributed by atoms with Crippen LogP contribution in [0.2, 0.25) is 10.2 Å². The maximum absolute atomic E-state index is 10.9. The number of carbonyl (C=O) groups is 1. The SMILES string of the molecule is Cc1nn(-c2cc(C(=O)O)cc(Cl)n2)cc1Cl. The third kappa shape index (κ3) is 2.40. The van der Waals surface area contributed by atoms with Crippen LogP contribution in [-0.2, 0) is 0 Å². The zero-order valence-corrected chi connectivity index (χ0v) is 10.2. The highest BCUT2D eigenvalue weighted by Gasteiger charge is 2.10. The molecule has 2 heterocycles. The third-order valence-corrected chi connectivity index (χ3v) is 2.67. The molecule has 0 amide bonds. The molecule has 0 saturated carbocycles. The summed E-state index contributed by atoms with van der Waals surface area (Å²) in [6.45, 7) is 1.74. The normalized spacial score (nSPS) is 10.5. The molecule has 17 heavy (non-hydrogen) atoms. The first-order valence-electron chi connectivity index (χ1n) is 4.60. The van der Waals surface area contributed by atoms with Gasteiger partial charge in [0.1, 0.15) is 5.15 Å². The second-order valence-corrected chi connectivity index (χ2v) is 4.14. The van der Waals surface area contributed by atoms with Gasteiger partial charge in [-0.1, -0.05) is 23.2 Å². The van der Waals surface area contributed by atoms with Gasteiger partial charge in [0, 0.05) is 0 Å². The van der Waals surface area contributed by atoms with Gasteiger partial charge in [-0.25, -0.2) is 14.5 Å². The van der Waals surface area contributed by atoms with Crippen LogP contribution in [0.15, 0.2) is 18.3 Å². The Morgan fingerprint density at radius 3 is 2.65 bits per heavy atom. The van der Waals surface area contributed by atoms with Gasteiger partial charge in [0.25, 0.3) is 0 Å². The number of aromatic carboxylic acids is 1. The maximum Gasteiger partial charge on any atom is 0.335 e. The Hall–Kier alpha value is -1.59. The van der Waals surface area contributed by atoms with E-state index in [9.17, 15) is 4.79 Å². The fraction of sp³-hybridized carbons (Fsp3) is 0.100. The summed E-state index contributed by atoms with van der Waals surface area (Å²) in [5.41, 5.74) is 0.676. The Morgan fingerprint density at radius 1 is 1.41 bits per heavy atom. The molecule has 0 aliphatic rings. The minimum Gasteiger partial charge on any atom is -0.478 e. The summed E-state index contributed by atoms with van der Waals surface area (Å²) in [6.07, 6.45) is 1.54. The standard InChI is InChI=1S/C10H7Cl2N3O2/c1-5-7(11)4-15(14-5)9-3-6(10(16)17)2-8(12)13-9/h2-4H,1H3,(H,16,17). The van der Waals surface area contributed by atoms with Crippen molar-refractivity contribution in [1.29, 1.82) is 0 Å². The van der Waals surface area contributed by atoms with Crippen LogP contribution >= 0.6 is 23.2 Å². The first-order chi connectivity index (χ1) is 7.97. The summed E-state index contributed by atoms with van der Waals surface area (Å²) in [5.74, 6) is -0.768. The van der Waals surface area contributed by atoms with Crippen LogP contribution in [0.25, 0.3) is 5.82 Å². The molecule has 0 aromatic carbocycles. The Balaban J connectivity index is 2.55. The second-order valence-electron chi connectivity index (χ2n) is 3.35. The van der Waals surface area contributed by atoms with Crippen LogP contribution in [0.4, 0.5) is 0 Å². The maximum atomic E-state index is 10.9. The topological polar surface area (TPSA) is 68.0 Å². The lowest BCUT2D eigenvalue weighted by molar-refractivity contribution is 0.0696. The fourth-order valence-electron chi connectivity index (χ4n) is 1.28. The van der Waals surface area contributed by atoms with Gasteiger partial charge in [-0.3, -0.25) is 0 Å². The molecule has 0 atom stereocenters. The molecule has 0 spiro atoms. The van der Waals surface area contributed by atoms with Crippen molar-refractivity contribution >= 4 is 29.2 Å². The van der Waals surface area contributed by atoms with Gasteiger partial charge < -0.3 is 5.11 Å². The lowest BCUT2D eigenvalue weighted by Gasteiger charge is -2.02. The van der Waals surface area contributed by atoms with E-state index in [4.69, 9.17) is 28.3 Å². The summed E-state index contributed by atoms with van der Waals surface area (Å²) in [4.78, 5) is 14.9. The minimum atomic E-state index is -1.08. The predicted molar refractivity (Wildman–Crippen MR) is 63.1 cm³/mol. The smallest absolute Gasteiger partial charge is 0.335 e. The number of hydrogen-bond donors (Lipinski definition) is 1. The van der Waals surface area contributed by atoms with Gasteiger partial charge in [-0.15, -0.1) is 0 Å². The summed E-state index contributed by atoms with van der Waals surface area (Å²) < 4.78 is 1.38. The number of carboxylic acid groups (broad SMARTS) is 1. The van der Waals surface area contributed by atoms with Crippen molar-refractivity contribution in [2.24, 2.45) is 0 Å². The van der Waals surface area contributed by atoms with E-state index in [0.717, 1.165) is 0 Å². The molecule has 2 aromatic rings. The molecule has 0 fully saturated rings. The van der Waals surface area contributed by atoms with E-state index in [1.807, 2.05) is 0 Å². The van der Waals surface area contributed by atoms with Gasteiger partial charge >= 0.3 is 5.97 Å². The fourth-order valence-corrected chi connectivity index (χ4v) is 1.61. The highest BCUT2D eigenvalue weighted by Crippen LogP contribution is 2.18. The van der Waals surface area contributed by atoms with Gasteiger partial charge in [0.2, 0.25) is 0 Å². The quantitative estimate of drug-likeness (QED) is 0.853. The average Bonchev–Trinajstić information content (AvgIpc) is 2.58. The van der Waals surface area contributed by atoms with Crippen molar-refractivity contribution in [2.45, 2.75) is 6.92 Å². The number of pyridine rings is 1. The predicted octanol–water partition coefficient (Wildman–Crippen LogP) is 2.58. The number of halogens is 2. The van der Waals surface area contributed by atoms with Crippen LogP contribution in [0.5, 0.6) is 0 Å². The second kappa shape index (κ2) is 4.35. The Morgan fingerprint density at radius 2 is 2.12 bits per heavy atom. The number of carboxylic acids is 1. The van der Waals surface area contributed by atoms with E-state index in [-0.39, 0.29) is 10.7 Å². The van der Waals surface area contributed by atoms with Crippen molar-refractivity contribution in [3.8, 4) is 5.82 Å². The van der Waals surface area contributed by atoms with E-state index < -0.39 is 5.97 Å². The van der Waals surface area contributed by atoms with Crippen LogP contribution < -0.4 is 0 Å². The van der Waals surface area contributed by atoms with Gasteiger partial charge in [-0.2, -0.15) is 5.10 Å². The Kier molecular flexibility index (Phi) is 3.04. The van der Waals surface area contributed by atoms with E-state index in [0.29, 0.717) is 16.5 Å². The van der Waals surface area contributed by atoms with E-state index >= 15 is 0 Å². The molecule has 2 aromatic heterocycles. The molecular weight excluding hydrogens is 265 g/mol. The minimum absolute atomic E-state index is 0.0456. The van der Waals surface area contributed by atoms with Crippen LogP contribution in [-0.4, -0.2) is 25.8 Å². The van der Waals surface area contributed by atoms with Crippen molar-refractivity contribution in [1.82, 2.24) is 14.8 Å². The molecule has 0 unspecified atom stereocenters. The van der Waals surface area contributed by atoms with Crippen LogP contribution in [0.3, 0.4) is 0 Å². The zero-order chi connectivity index (χ0) is 12.6. The molecule has 88 valence electrons. The molecule has 0 aliphatic heterocycles. The lowest BCUT2D eigenvalue weighted by atomic mass is 10.2. The first-order valence-corrected chi connectivity index (χ1v) is 5.36. The Labute approximate surface area is 107 Å². The molecule has 2 rings (SSSR count). The molecule has 0 radical (unpaired) electrons. The molecule has 7 heteroatoms. The molecular formula is C10H7Cl2N3O2. The van der Waals surface area contributed by atoms with E-state index in [1.54, 1.807) is 13.1 Å². The van der Waals surface area contributed by atoms with Crippen LogP contribution in [0, 0.1) is 6.92 Å². The largest absolute Gasteiger partial charge is 0.478 e. The van der Waals surface area contributed by atoms with E-state index in [2.05, 4.69) is 10.1 Å². The molecule has 0 saturated heterocycles. The van der Waals surface area contributed by atoms with Crippen molar-refractivity contribution in [3.63, 3.8) is 0 Å². The van der Waals surface area contributed by atoms with Crippen LogP contribution in [0.1, 0.15) is 16.1 Å². The molecule has 0 aliphatic carbocycles. The zero-order valence-electron chi connectivity index (χ0n) is 8.69. The summed E-state index contributed by atoms with van der Waals surface area (Å²) in [7, 11) is 0. The Bertz CT molecular complexity index is 576. The van der Waals surface area contributed by atoms with Gasteiger partial charge in [0.15, 0.2) is 5.82 Å². The lowest BCUT2D eigenvalue weighted by Crippen LogP contribution is -2.03. The van der Waals surface area contributed by atoms with Crippen molar-refractivity contribution in [3.05, 3.63) is 39.8 Å². The number of hydrogen-bond acceptors (Lipinski definition) is 3. The highest BCUT2D eigenvalue weighted by molar-refractivity contribution is 6.31. The summed E-state index contributed by atoms with van der Waals surface area (Å²) >= 11 is 11.6. The summed E-state index contributed by atoms with van der Waals surface area (Å²) in [6, 6.07) is 2.64. The molecule has 1 N–H and O–H groups in total. The monoisotopic (exact) mass is 271 g/mol. The number of aryl methyl sites for hydroxylation is 1.